The number of nitrogens with one attached hydrogen (secondary N) is 2. The van der Waals surface area contributed by atoms with Gasteiger partial charge in [-0.1, -0.05) is 18.2 Å². The molecule has 0 aliphatic carbocycles. The third-order valence-electron chi connectivity index (χ3n) is 2.75. The van der Waals surface area contributed by atoms with Crippen LogP contribution in [0.3, 0.4) is 0 Å². The molecule has 126 valence electrons. The van der Waals surface area contributed by atoms with E-state index in [-0.39, 0.29) is 13.2 Å². The first-order valence-electron chi connectivity index (χ1n) is 7.34. The Morgan fingerprint density at radius 2 is 1.50 bits per heavy atom. The van der Waals surface area contributed by atoms with Crippen LogP contribution in [0.25, 0.3) is 0 Å². The van der Waals surface area contributed by atoms with Crippen LogP contribution in [0.1, 0.15) is 6.92 Å². The molecule has 2 N–H and O–H groups in total. The van der Waals surface area contributed by atoms with Gasteiger partial charge in [0.2, 0.25) is 0 Å². The minimum absolute atomic E-state index is 0.218. The second kappa shape index (κ2) is 9.04. The highest BCUT2D eigenvalue weighted by Crippen LogP contribution is 2.23. The molecule has 2 aromatic carbocycles. The summed E-state index contributed by atoms with van der Waals surface area (Å²) in [4.78, 5) is 22.5. The van der Waals surface area contributed by atoms with E-state index in [1.54, 1.807) is 31.2 Å². The van der Waals surface area contributed by atoms with Crippen LogP contribution in [-0.2, 0) is 9.53 Å². The van der Waals surface area contributed by atoms with Crippen molar-refractivity contribution in [3.8, 4) is 17.2 Å². The molecule has 0 fully saturated rings. The van der Waals surface area contributed by atoms with E-state index in [1.807, 2.05) is 30.3 Å². The van der Waals surface area contributed by atoms with E-state index >= 15 is 0 Å². The normalized spacial score (nSPS) is 9.71. The number of amides is 2. The summed E-state index contributed by atoms with van der Waals surface area (Å²) in [5.41, 5.74) is 4.26. The minimum atomic E-state index is -0.728. The van der Waals surface area contributed by atoms with Crippen molar-refractivity contribution in [2.45, 2.75) is 6.92 Å². The SMILES string of the molecule is CCOC(=O)NNC(=O)COc1ccc(Oc2ccccc2)cc1. The van der Waals surface area contributed by atoms with Crippen LogP contribution in [0.5, 0.6) is 17.2 Å². The number of benzene rings is 2. The molecule has 2 amide bonds. The van der Waals surface area contributed by atoms with Crippen LogP contribution < -0.4 is 20.3 Å². The molecule has 7 nitrogen and oxygen atoms in total. The van der Waals surface area contributed by atoms with E-state index in [0.717, 1.165) is 5.75 Å². The summed E-state index contributed by atoms with van der Waals surface area (Å²) in [6.07, 6.45) is -0.728. The van der Waals surface area contributed by atoms with Gasteiger partial charge in [0.1, 0.15) is 17.2 Å². The van der Waals surface area contributed by atoms with E-state index in [9.17, 15) is 9.59 Å². The van der Waals surface area contributed by atoms with Gasteiger partial charge in [0.05, 0.1) is 6.61 Å². The van der Waals surface area contributed by atoms with E-state index in [2.05, 4.69) is 15.6 Å². The largest absolute Gasteiger partial charge is 0.484 e. The molecule has 0 aliphatic heterocycles. The highest BCUT2D eigenvalue weighted by molar-refractivity contribution is 5.80. The molecule has 0 heterocycles. The van der Waals surface area contributed by atoms with Gasteiger partial charge in [0.25, 0.3) is 5.91 Å². The van der Waals surface area contributed by atoms with Crippen LogP contribution >= 0.6 is 0 Å². The zero-order valence-electron chi connectivity index (χ0n) is 13.2. The Hall–Kier alpha value is -3.22. The van der Waals surface area contributed by atoms with Crippen LogP contribution in [0, 0.1) is 0 Å². The van der Waals surface area contributed by atoms with E-state index in [0.29, 0.717) is 11.5 Å². The molecule has 0 saturated heterocycles. The molecule has 0 radical (unpaired) electrons. The molecular formula is C17H18N2O5. The number of hydrazine groups is 1. The maximum atomic E-state index is 11.5. The van der Waals surface area contributed by atoms with Gasteiger partial charge < -0.3 is 14.2 Å². The molecule has 7 heteroatoms. The van der Waals surface area contributed by atoms with Crippen molar-refractivity contribution in [2.75, 3.05) is 13.2 Å². The van der Waals surface area contributed by atoms with Gasteiger partial charge in [-0.15, -0.1) is 0 Å². The van der Waals surface area contributed by atoms with Crippen LogP contribution in [0.15, 0.2) is 54.6 Å². The second-order valence-corrected chi connectivity index (χ2v) is 4.57. The van der Waals surface area contributed by atoms with Gasteiger partial charge in [-0.3, -0.25) is 10.2 Å². The molecule has 2 aromatic rings. The lowest BCUT2D eigenvalue weighted by Gasteiger charge is -2.09. The number of hydrogen-bond acceptors (Lipinski definition) is 5. The number of carbonyl (C=O) groups excluding carboxylic acids is 2. The van der Waals surface area contributed by atoms with Gasteiger partial charge >= 0.3 is 6.09 Å². The van der Waals surface area contributed by atoms with Crippen LogP contribution in [0.4, 0.5) is 4.79 Å². The maximum absolute atomic E-state index is 11.5. The summed E-state index contributed by atoms with van der Waals surface area (Å²) in [5, 5.41) is 0. The summed E-state index contributed by atoms with van der Waals surface area (Å²) in [5.74, 6) is 1.38. The molecule has 2 rings (SSSR count). The Labute approximate surface area is 139 Å². The standard InChI is InChI=1S/C17H18N2O5/c1-2-22-17(21)19-18-16(20)12-23-13-8-10-15(11-9-13)24-14-6-4-3-5-7-14/h3-11H,2,12H2,1H3,(H,18,20)(H,19,21). The Bertz CT molecular complexity index is 658. The summed E-state index contributed by atoms with van der Waals surface area (Å²) in [7, 11) is 0. The number of ether oxygens (including phenoxy) is 3. The summed E-state index contributed by atoms with van der Waals surface area (Å²) < 4.78 is 15.6. The van der Waals surface area contributed by atoms with Crippen molar-refractivity contribution in [1.82, 2.24) is 10.9 Å². The lowest BCUT2D eigenvalue weighted by Crippen LogP contribution is -2.44. The predicted octanol–water partition coefficient (Wildman–Crippen LogP) is 2.64. The quantitative estimate of drug-likeness (QED) is 0.795. The number of carbonyl (C=O) groups is 2. The van der Waals surface area contributed by atoms with Crippen molar-refractivity contribution in [3.63, 3.8) is 0 Å². The lowest BCUT2D eigenvalue weighted by atomic mass is 10.3. The molecule has 0 unspecified atom stereocenters. The highest BCUT2D eigenvalue weighted by atomic mass is 16.6. The fourth-order valence-electron chi connectivity index (χ4n) is 1.70. The molecule has 24 heavy (non-hydrogen) atoms. The first-order valence-corrected chi connectivity index (χ1v) is 7.34. The van der Waals surface area contributed by atoms with E-state index in [1.165, 1.54) is 0 Å². The Morgan fingerprint density at radius 1 is 0.875 bits per heavy atom. The van der Waals surface area contributed by atoms with Crippen molar-refractivity contribution < 1.29 is 23.8 Å². The molecule has 0 saturated carbocycles. The average Bonchev–Trinajstić information content (AvgIpc) is 2.60. The Balaban J connectivity index is 1.75. The minimum Gasteiger partial charge on any atom is -0.484 e. The van der Waals surface area contributed by atoms with Crippen molar-refractivity contribution >= 4 is 12.0 Å². The number of hydrogen-bond donors (Lipinski definition) is 2. The smallest absolute Gasteiger partial charge is 0.426 e. The van der Waals surface area contributed by atoms with Gasteiger partial charge in [0, 0.05) is 0 Å². The maximum Gasteiger partial charge on any atom is 0.426 e. The van der Waals surface area contributed by atoms with Gasteiger partial charge in [-0.05, 0) is 43.3 Å². The average molecular weight is 330 g/mol. The highest BCUT2D eigenvalue weighted by Gasteiger charge is 2.06. The molecule has 0 atom stereocenters. The van der Waals surface area contributed by atoms with Gasteiger partial charge in [-0.2, -0.15) is 0 Å². The first kappa shape index (κ1) is 17.1. The second-order valence-electron chi connectivity index (χ2n) is 4.57. The topological polar surface area (TPSA) is 85.9 Å². The third-order valence-corrected chi connectivity index (χ3v) is 2.75. The zero-order valence-corrected chi connectivity index (χ0v) is 13.2. The monoisotopic (exact) mass is 330 g/mol. The Kier molecular flexibility index (Phi) is 6.46. The zero-order chi connectivity index (χ0) is 17.2. The summed E-state index contributed by atoms with van der Waals surface area (Å²) in [6.45, 7) is 1.64. The first-order chi connectivity index (χ1) is 11.7. The van der Waals surface area contributed by atoms with Crippen LogP contribution in [0.2, 0.25) is 0 Å². The fraction of sp³-hybridized carbons (Fsp3) is 0.176. The number of para-hydroxylation sites is 1. The summed E-state index contributed by atoms with van der Waals surface area (Å²) >= 11 is 0. The third kappa shape index (κ3) is 5.88. The lowest BCUT2D eigenvalue weighted by molar-refractivity contribution is -0.123. The summed E-state index contributed by atoms with van der Waals surface area (Å²) in [6, 6.07) is 16.2. The molecule has 0 aromatic heterocycles. The van der Waals surface area contributed by atoms with E-state index < -0.39 is 12.0 Å². The Morgan fingerprint density at radius 3 is 2.17 bits per heavy atom. The van der Waals surface area contributed by atoms with Crippen molar-refractivity contribution in [3.05, 3.63) is 54.6 Å². The predicted molar refractivity (Wildman–Crippen MR) is 86.8 cm³/mol. The fourth-order valence-corrected chi connectivity index (χ4v) is 1.70. The number of rotatable bonds is 6. The molecule has 0 spiro atoms. The molecule has 0 aliphatic rings. The van der Waals surface area contributed by atoms with Crippen molar-refractivity contribution in [2.24, 2.45) is 0 Å². The molecular weight excluding hydrogens is 312 g/mol. The van der Waals surface area contributed by atoms with Gasteiger partial charge in [0.15, 0.2) is 6.61 Å². The van der Waals surface area contributed by atoms with E-state index in [4.69, 9.17) is 9.47 Å². The van der Waals surface area contributed by atoms with Gasteiger partial charge in [-0.25, -0.2) is 10.2 Å². The van der Waals surface area contributed by atoms with Crippen LogP contribution in [-0.4, -0.2) is 25.2 Å². The molecule has 0 bridgehead atoms. The van der Waals surface area contributed by atoms with Crippen molar-refractivity contribution in [1.29, 1.82) is 0 Å².